The summed E-state index contributed by atoms with van der Waals surface area (Å²) in [5, 5.41) is 0. The summed E-state index contributed by atoms with van der Waals surface area (Å²) in [6.07, 6.45) is 1.12. The van der Waals surface area contributed by atoms with Crippen LogP contribution in [0.3, 0.4) is 0 Å². The monoisotopic (exact) mass is 510 g/mol. The van der Waals surface area contributed by atoms with E-state index in [-0.39, 0.29) is 0 Å². The largest absolute Gasteiger partial charge is 0.490 e. The fourth-order valence-electron chi connectivity index (χ4n) is 4.74. The summed E-state index contributed by atoms with van der Waals surface area (Å²) in [6.45, 7) is 24.9. The van der Waals surface area contributed by atoms with Crippen molar-refractivity contribution in [2.24, 2.45) is 0 Å². The normalized spacial score (nSPS) is 27.5. The summed E-state index contributed by atoms with van der Waals surface area (Å²) in [5.74, 6) is 0. The number of rotatable bonds is 6. The van der Waals surface area contributed by atoms with Crippen molar-refractivity contribution in [1.29, 1.82) is 0 Å². The average Bonchev–Trinajstić information content (AvgIpc) is 3.19. The third kappa shape index (κ3) is 5.37. The average molecular weight is 510 g/mol. The van der Waals surface area contributed by atoms with E-state index in [0.717, 1.165) is 16.5 Å². The predicted octanol–water partition coefficient (Wildman–Crippen LogP) is 5.88. The Bertz CT molecular complexity index is 984. The van der Waals surface area contributed by atoms with Gasteiger partial charge in [-0.2, -0.15) is 0 Å². The first-order valence-electron chi connectivity index (χ1n) is 13.6. The molecule has 0 atom stereocenters. The quantitative estimate of drug-likeness (QED) is 0.446. The molecule has 0 unspecified atom stereocenters. The molecule has 3 saturated heterocycles. The Kier molecular flexibility index (Phi) is 7.22. The molecule has 0 aliphatic carbocycles. The Morgan fingerprint density at radius 2 is 0.865 bits per heavy atom. The van der Waals surface area contributed by atoms with Gasteiger partial charge in [0.25, 0.3) is 0 Å². The van der Waals surface area contributed by atoms with E-state index in [2.05, 4.69) is 107 Å². The Morgan fingerprint density at radius 3 is 1.27 bits per heavy atom. The summed E-state index contributed by atoms with van der Waals surface area (Å²) in [6, 6.07) is 10.4. The van der Waals surface area contributed by atoms with Crippen LogP contribution in [0.1, 0.15) is 88.6 Å². The SMILES string of the molecule is CC1(C)OB(C/C(B2OC(C)(C)C(C)(C)O2)=C(/Cc2ccccc2)B2OC(C)(C)C(C)(C)O2)OC1(C)C. The van der Waals surface area contributed by atoms with Gasteiger partial charge in [0.05, 0.1) is 33.6 Å². The van der Waals surface area contributed by atoms with Crippen LogP contribution in [0.2, 0.25) is 6.32 Å². The zero-order valence-electron chi connectivity index (χ0n) is 25.0. The van der Waals surface area contributed by atoms with Crippen molar-refractivity contribution in [2.45, 2.75) is 129 Å². The molecule has 0 spiro atoms. The lowest BCUT2D eigenvalue weighted by Gasteiger charge is -2.32. The second kappa shape index (κ2) is 9.24. The number of hydrogen-bond acceptors (Lipinski definition) is 6. The highest BCUT2D eigenvalue weighted by molar-refractivity contribution is 6.65. The summed E-state index contributed by atoms with van der Waals surface area (Å²) in [5.41, 5.74) is 0.285. The summed E-state index contributed by atoms with van der Waals surface area (Å²) < 4.78 is 39.4. The van der Waals surface area contributed by atoms with Gasteiger partial charge in [-0.25, -0.2) is 0 Å². The van der Waals surface area contributed by atoms with Gasteiger partial charge < -0.3 is 27.9 Å². The Balaban J connectivity index is 1.82. The van der Waals surface area contributed by atoms with Crippen molar-refractivity contribution >= 4 is 21.4 Å². The molecule has 3 fully saturated rings. The molecule has 0 aromatic heterocycles. The zero-order chi connectivity index (χ0) is 27.7. The lowest BCUT2D eigenvalue weighted by Crippen LogP contribution is -2.41. The predicted molar refractivity (Wildman–Crippen MR) is 150 cm³/mol. The van der Waals surface area contributed by atoms with E-state index < -0.39 is 55.0 Å². The van der Waals surface area contributed by atoms with Gasteiger partial charge in [-0.05, 0) is 106 Å². The molecule has 1 aromatic rings. The highest BCUT2D eigenvalue weighted by Crippen LogP contribution is 2.45. The zero-order valence-corrected chi connectivity index (χ0v) is 25.0. The fourth-order valence-corrected chi connectivity index (χ4v) is 4.74. The topological polar surface area (TPSA) is 55.4 Å². The van der Waals surface area contributed by atoms with Crippen LogP contribution in [0, 0.1) is 0 Å². The first-order chi connectivity index (χ1) is 16.8. The molecule has 37 heavy (non-hydrogen) atoms. The van der Waals surface area contributed by atoms with Crippen molar-refractivity contribution in [3.8, 4) is 0 Å². The van der Waals surface area contributed by atoms with Crippen LogP contribution in [-0.2, 0) is 34.3 Å². The van der Waals surface area contributed by atoms with Crippen LogP contribution in [0.5, 0.6) is 0 Å². The molecule has 6 nitrogen and oxygen atoms in total. The molecule has 0 N–H and O–H groups in total. The molecule has 3 aliphatic heterocycles. The summed E-state index contributed by atoms with van der Waals surface area (Å²) in [4.78, 5) is 0. The minimum atomic E-state index is -0.582. The van der Waals surface area contributed by atoms with Gasteiger partial charge >= 0.3 is 21.4 Å². The number of benzene rings is 1. The van der Waals surface area contributed by atoms with Crippen molar-refractivity contribution in [3.63, 3.8) is 0 Å². The van der Waals surface area contributed by atoms with Crippen molar-refractivity contribution in [2.75, 3.05) is 0 Å². The maximum atomic E-state index is 6.62. The molecule has 0 amide bonds. The molecule has 1 aromatic carbocycles. The van der Waals surface area contributed by atoms with Crippen LogP contribution in [0.4, 0.5) is 0 Å². The molecule has 3 aliphatic rings. The Labute approximate surface area is 225 Å². The van der Waals surface area contributed by atoms with E-state index >= 15 is 0 Å². The van der Waals surface area contributed by atoms with Crippen LogP contribution in [0.15, 0.2) is 41.3 Å². The molecular weight excluding hydrogens is 465 g/mol. The molecule has 0 bridgehead atoms. The minimum Gasteiger partial charge on any atom is -0.403 e. The van der Waals surface area contributed by atoms with Crippen molar-refractivity contribution in [1.82, 2.24) is 0 Å². The summed E-state index contributed by atoms with van der Waals surface area (Å²) in [7, 11) is -1.59. The minimum absolute atomic E-state index is 0.442. The van der Waals surface area contributed by atoms with Gasteiger partial charge in [-0.1, -0.05) is 30.3 Å². The second-order valence-electron chi connectivity index (χ2n) is 13.8. The van der Waals surface area contributed by atoms with Crippen LogP contribution in [-0.4, -0.2) is 55.0 Å². The van der Waals surface area contributed by atoms with Crippen LogP contribution >= 0.6 is 0 Å². The molecule has 202 valence electrons. The lowest BCUT2D eigenvalue weighted by atomic mass is 9.57. The Hall–Kier alpha value is -1.09. The third-order valence-corrected chi connectivity index (χ3v) is 9.41. The number of allylic oxidation sites excluding steroid dienone is 2. The molecular formula is C28H45B3O6. The third-order valence-electron chi connectivity index (χ3n) is 9.41. The first kappa shape index (κ1) is 28.9. The van der Waals surface area contributed by atoms with Crippen LogP contribution < -0.4 is 0 Å². The molecule has 9 heteroatoms. The Morgan fingerprint density at radius 1 is 0.514 bits per heavy atom. The van der Waals surface area contributed by atoms with Gasteiger partial charge in [-0.15, -0.1) is 0 Å². The molecule has 0 saturated carbocycles. The van der Waals surface area contributed by atoms with E-state index in [0.29, 0.717) is 12.7 Å². The lowest BCUT2D eigenvalue weighted by molar-refractivity contribution is 0.00578. The van der Waals surface area contributed by atoms with E-state index in [1.165, 1.54) is 0 Å². The van der Waals surface area contributed by atoms with Gasteiger partial charge in [0.1, 0.15) is 0 Å². The smallest absolute Gasteiger partial charge is 0.403 e. The van der Waals surface area contributed by atoms with Gasteiger partial charge in [0.2, 0.25) is 0 Å². The molecule has 3 heterocycles. The summed E-state index contributed by atoms with van der Waals surface area (Å²) >= 11 is 0. The molecule has 4 rings (SSSR count). The fraction of sp³-hybridized carbons (Fsp3) is 0.714. The maximum Gasteiger partial charge on any atom is 0.490 e. The van der Waals surface area contributed by atoms with E-state index in [9.17, 15) is 0 Å². The van der Waals surface area contributed by atoms with Crippen molar-refractivity contribution in [3.05, 3.63) is 46.8 Å². The van der Waals surface area contributed by atoms with Crippen LogP contribution in [0.25, 0.3) is 0 Å². The van der Waals surface area contributed by atoms with E-state index in [4.69, 9.17) is 27.9 Å². The molecule has 0 radical (unpaired) electrons. The van der Waals surface area contributed by atoms with E-state index in [1.807, 2.05) is 6.07 Å². The second-order valence-corrected chi connectivity index (χ2v) is 13.8. The van der Waals surface area contributed by atoms with Crippen molar-refractivity contribution < 1.29 is 27.9 Å². The highest BCUT2D eigenvalue weighted by Gasteiger charge is 2.58. The standard InChI is InChI=1S/C28H45B3O6/c1-23(2)24(3,4)33-29(32-23)19-22(31-36-27(9,10)28(11,12)37-31)21(18-20-16-14-13-15-17-20)30-34-25(5,6)26(7,8)35-30/h13-17H,18-19H2,1-12H3/b22-21+. The van der Waals surface area contributed by atoms with E-state index in [1.54, 1.807) is 0 Å². The van der Waals surface area contributed by atoms with Gasteiger partial charge in [0.15, 0.2) is 0 Å². The number of hydrogen-bond donors (Lipinski definition) is 0. The maximum absolute atomic E-state index is 6.62. The van der Waals surface area contributed by atoms with Gasteiger partial charge in [-0.3, -0.25) is 0 Å². The first-order valence-corrected chi connectivity index (χ1v) is 13.6. The highest BCUT2D eigenvalue weighted by atomic mass is 16.7. The van der Waals surface area contributed by atoms with Gasteiger partial charge in [0, 0.05) is 6.32 Å².